The van der Waals surface area contributed by atoms with Gasteiger partial charge in [-0.2, -0.15) is 0 Å². The normalized spacial score (nSPS) is 21.9. The molecule has 2 rings (SSSR count). The second-order valence-electron chi connectivity index (χ2n) is 4.60. The Hall–Kier alpha value is -0.840. The Labute approximate surface area is 103 Å². The molecule has 4 heteroatoms. The minimum atomic E-state index is 0.478. The second-order valence-corrected chi connectivity index (χ2v) is 4.60. The molecule has 1 aromatic heterocycles. The Kier molecular flexibility index (Phi) is 4.59. The van der Waals surface area contributed by atoms with Crippen LogP contribution in [0.2, 0.25) is 0 Å². The van der Waals surface area contributed by atoms with Crippen molar-refractivity contribution in [2.75, 3.05) is 26.3 Å². The molecule has 17 heavy (non-hydrogen) atoms. The van der Waals surface area contributed by atoms with Gasteiger partial charge in [-0.15, -0.1) is 0 Å². The number of furan rings is 1. The molecule has 0 aromatic carbocycles. The zero-order valence-electron chi connectivity index (χ0n) is 10.7. The predicted molar refractivity (Wildman–Crippen MR) is 66.8 cm³/mol. The van der Waals surface area contributed by atoms with E-state index in [4.69, 9.17) is 9.15 Å². The minimum absolute atomic E-state index is 0.478. The molecule has 1 aliphatic rings. The van der Waals surface area contributed by atoms with Crippen LogP contribution in [-0.4, -0.2) is 37.2 Å². The quantitative estimate of drug-likeness (QED) is 0.845. The molecule has 0 spiro atoms. The van der Waals surface area contributed by atoms with Crippen molar-refractivity contribution in [3.63, 3.8) is 0 Å². The van der Waals surface area contributed by atoms with E-state index in [0.29, 0.717) is 6.04 Å². The second kappa shape index (κ2) is 6.19. The largest absolute Gasteiger partial charge is 0.468 e. The summed E-state index contributed by atoms with van der Waals surface area (Å²) >= 11 is 0. The van der Waals surface area contributed by atoms with Crippen LogP contribution in [0.25, 0.3) is 0 Å². The molecule has 0 amide bonds. The number of morpholine rings is 1. The van der Waals surface area contributed by atoms with E-state index in [2.05, 4.69) is 30.1 Å². The van der Waals surface area contributed by atoms with E-state index in [9.17, 15) is 0 Å². The summed E-state index contributed by atoms with van der Waals surface area (Å²) in [5, 5.41) is 3.30. The summed E-state index contributed by atoms with van der Waals surface area (Å²) in [6.07, 6.45) is 1.85. The summed E-state index contributed by atoms with van der Waals surface area (Å²) < 4.78 is 11.0. The van der Waals surface area contributed by atoms with E-state index in [1.165, 1.54) is 5.56 Å². The highest BCUT2D eigenvalue weighted by atomic mass is 16.5. The molecule has 2 heterocycles. The van der Waals surface area contributed by atoms with Gasteiger partial charge in [0.15, 0.2) is 0 Å². The molecular weight excluding hydrogens is 216 g/mol. The number of ether oxygens (including phenoxy) is 1. The lowest BCUT2D eigenvalue weighted by atomic mass is 10.2. The lowest BCUT2D eigenvalue weighted by Gasteiger charge is -2.32. The molecular formula is C13H22N2O2. The fourth-order valence-electron chi connectivity index (χ4n) is 2.07. The monoisotopic (exact) mass is 238 g/mol. The van der Waals surface area contributed by atoms with Crippen molar-refractivity contribution in [1.29, 1.82) is 0 Å². The Morgan fingerprint density at radius 3 is 3.18 bits per heavy atom. The Bertz CT molecular complexity index is 338. The Balaban J connectivity index is 1.87. The SMILES string of the molecule is CCNCc1coc(CN2CCOCC2C)c1. The number of hydrogen-bond donors (Lipinski definition) is 1. The summed E-state index contributed by atoms with van der Waals surface area (Å²) in [6.45, 7) is 9.71. The van der Waals surface area contributed by atoms with Gasteiger partial charge < -0.3 is 14.5 Å². The van der Waals surface area contributed by atoms with E-state index >= 15 is 0 Å². The summed E-state index contributed by atoms with van der Waals surface area (Å²) in [4.78, 5) is 2.40. The maximum Gasteiger partial charge on any atom is 0.118 e. The number of rotatable bonds is 5. The molecule has 4 nitrogen and oxygen atoms in total. The number of nitrogens with one attached hydrogen (secondary N) is 1. The fraction of sp³-hybridized carbons (Fsp3) is 0.692. The number of nitrogens with zero attached hydrogens (tertiary/aromatic N) is 1. The van der Waals surface area contributed by atoms with E-state index < -0.39 is 0 Å². The highest BCUT2D eigenvalue weighted by Gasteiger charge is 2.19. The number of hydrogen-bond acceptors (Lipinski definition) is 4. The van der Waals surface area contributed by atoms with Crippen LogP contribution in [0.15, 0.2) is 16.7 Å². The Morgan fingerprint density at radius 2 is 2.41 bits per heavy atom. The van der Waals surface area contributed by atoms with Gasteiger partial charge in [0.25, 0.3) is 0 Å². The van der Waals surface area contributed by atoms with Gasteiger partial charge in [-0.05, 0) is 19.5 Å². The van der Waals surface area contributed by atoms with Gasteiger partial charge in [0.1, 0.15) is 5.76 Å². The topological polar surface area (TPSA) is 37.6 Å². The molecule has 0 radical (unpaired) electrons. The van der Waals surface area contributed by atoms with Crippen molar-refractivity contribution in [3.8, 4) is 0 Å². The molecule has 1 aromatic rings. The van der Waals surface area contributed by atoms with Gasteiger partial charge in [0.2, 0.25) is 0 Å². The van der Waals surface area contributed by atoms with Gasteiger partial charge in [-0.3, -0.25) is 4.90 Å². The summed E-state index contributed by atoms with van der Waals surface area (Å²) in [6, 6.07) is 2.62. The minimum Gasteiger partial charge on any atom is -0.468 e. The van der Waals surface area contributed by atoms with E-state index in [0.717, 1.165) is 45.2 Å². The highest BCUT2D eigenvalue weighted by molar-refractivity contribution is 5.12. The van der Waals surface area contributed by atoms with Crippen molar-refractivity contribution < 1.29 is 9.15 Å². The third-order valence-electron chi connectivity index (χ3n) is 3.15. The van der Waals surface area contributed by atoms with Gasteiger partial charge in [0.05, 0.1) is 26.0 Å². The highest BCUT2D eigenvalue weighted by Crippen LogP contribution is 2.14. The van der Waals surface area contributed by atoms with E-state index in [-0.39, 0.29) is 0 Å². The predicted octanol–water partition coefficient (Wildman–Crippen LogP) is 1.61. The molecule has 1 N–H and O–H groups in total. The van der Waals surface area contributed by atoms with Gasteiger partial charge in [0, 0.05) is 24.7 Å². The van der Waals surface area contributed by atoms with E-state index in [1.807, 2.05) is 6.26 Å². The van der Waals surface area contributed by atoms with Crippen LogP contribution in [0.5, 0.6) is 0 Å². The molecule has 1 unspecified atom stereocenters. The van der Waals surface area contributed by atoms with Gasteiger partial charge in [-0.1, -0.05) is 6.92 Å². The molecule has 0 bridgehead atoms. The van der Waals surface area contributed by atoms with Crippen molar-refractivity contribution >= 4 is 0 Å². The van der Waals surface area contributed by atoms with Gasteiger partial charge in [-0.25, -0.2) is 0 Å². The van der Waals surface area contributed by atoms with Crippen LogP contribution < -0.4 is 5.32 Å². The zero-order valence-corrected chi connectivity index (χ0v) is 10.7. The van der Waals surface area contributed by atoms with Crippen LogP contribution in [0.3, 0.4) is 0 Å². The van der Waals surface area contributed by atoms with Crippen molar-refractivity contribution in [2.45, 2.75) is 33.0 Å². The molecule has 1 atom stereocenters. The molecule has 96 valence electrons. The lowest BCUT2D eigenvalue weighted by Crippen LogP contribution is -2.42. The van der Waals surface area contributed by atoms with Crippen molar-refractivity contribution in [3.05, 3.63) is 23.7 Å². The fourth-order valence-corrected chi connectivity index (χ4v) is 2.07. The first-order valence-corrected chi connectivity index (χ1v) is 6.38. The Morgan fingerprint density at radius 1 is 1.53 bits per heavy atom. The standard InChI is InChI=1S/C13H22N2O2/c1-3-14-7-12-6-13(17-10-12)8-15-4-5-16-9-11(15)2/h6,10-11,14H,3-5,7-9H2,1-2H3. The van der Waals surface area contributed by atoms with Crippen LogP contribution in [-0.2, 0) is 17.8 Å². The summed E-state index contributed by atoms with van der Waals surface area (Å²) in [7, 11) is 0. The van der Waals surface area contributed by atoms with Crippen LogP contribution in [0.1, 0.15) is 25.2 Å². The van der Waals surface area contributed by atoms with Crippen molar-refractivity contribution in [2.24, 2.45) is 0 Å². The maximum atomic E-state index is 5.59. The first-order valence-electron chi connectivity index (χ1n) is 6.38. The van der Waals surface area contributed by atoms with Gasteiger partial charge >= 0.3 is 0 Å². The molecule has 0 aliphatic carbocycles. The molecule has 1 saturated heterocycles. The average molecular weight is 238 g/mol. The van der Waals surface area contributed by atoms with Crippen LogP contribution in [0, 0.1) is 0 Å². The third-order valence-corrected chi connectivity index (χ3v) is 3.15. The van der Waals surface area contributed by atoms with Crippen LogP contribution in [0.4, 0.5) is 0 Å². The molecule has 1 fully saturated rings. The average Bonchev–Trinajstić information content (AvgIpc) is 2.77. The molecule has 0 saturated carbocycles. The summed E-state index contributed by atoms with van der Waals surface area (Å²) in [5.41, 5.74) is 1.22. The van der Waals surface area contributed by atoms with Crippen molar-refractivity contribution in [1.82, 2.24) is 10.2 Å². The lowest BCUT2D eigenvalue weighted by molar-refractivity contribution is -0.00708. The maximum absolute atomic E-state index is 5.59. The van der Waals surface area contributed by atoms with Crippen LogP contribution >= 0.6 is 0 Å². The first-order chi connectivity index (χ1) is 8.29. The third kappa shape index (κ3) is 3.56. The first kappa shape index (κ1) is 12.6. The van der Waals surface area contributed by atoms with E-state index in [1.54, 1.807) is 0 Å². The zero-order chi connectivity index (χ0) is 12.1. The molecule has 1 aliphatic heterocycles. The summed E-state index contributed by atoms with van der Waals surface area (Å²) in [5.74, 6) is 1.05. The smallest absolute Gasteiger partial charge is 0.118 e.